The average molecular weight is 1350 g/mol. The number of benzene rings is 6. The van der Waals surface area contributed by atoms with Crippen molar-refractivity contribution in [2.75, 3.05) is 73.7 Å². The second kappa shape index (κ2) is 30.3. The minimum Gasteiger partial charge on any atom is -0.394 e. The van der Waals surface area contributed by atoms with Crippen LogP contribution in [0.25, 0.3) is 33.8 Å². The SMILES string of the molecule is C=CCN1CCN(c2ccc(C(F)(F)F)cc2)c2ccc(-c3cccc(C(N)=O)n3)cc2C1.NC(=O)c1cccc(-c2ccc3c(c2)CN(CC(O)CO)CCN3c2ccc(C(F)(F)F)cc2)n1.NC(=O)c1cccc(-c2ccc3c(c2)CNCCN3c2ccc(C(F)(F)F)cc2)n1. The Morgan fingerprint density at radius 3 is 1.18 bits per heavy atom. The number of amides is 3. The van der Waals surface area contributed by atoms with Crippen LogP contribution in [0.1, 0.15) is 64.8 Å². The number of rotatable bonds is 14. The number of nitrogens with one attached hydrogen (secondary N) is 1. The van der Waals surface area contributed by atoms with Crippen LogP contribution >= 0.6 is 0 Å². The predicted octanol–water partition coefficient (Wildman–Crippen LogP) is 12.3. The summed E-state index contributed by atoms with van der Waals surface area (Å²) in [4.78, 5) is 57.6. The maximum Gasteiger partial charge on any atom is 0.416 e. The normalized spacial score (nSPS) is 14.7. The van der Waals surface area contributed by atoms with Gasteiger partial charge in [-0.3, -0.25) is 24.2 Å². The van der Waals surface area contributed by atoms with E-state index in [0.29, 0.717) is 99.6 Å². The third-order valence-corrected chi connectivity index (χ3v) is 16.5. The van der Waals surface area contributed by atoms with E-state index in [2.05, 4.69) is 31.7 Å². The van der Waals surface area contributed by atoms with Crippen molar-refractivity contribution in [3.8, 4) is 33.8 Å². The van der Waals surface area contributed by atoms with Gasteiger partial charge in [0.1, 0.15) is 17.1 Å². The molecular formula is C72H67F9N12O5. The van der Waals surface area contributed by atoms with Gasteiger partial charge in [0.2, 0.25) is 0 Å². The zero-order valence-corrected chi connectivity index (χ0v) is 52.5. The summed E-state index contributed by atoms with van der Waals surface area (Å²) in [5, 5.41) is 22.6. The number of primary amides is 3. The molecule has 3 aliphatic rings. The van der Waals surface area contributed by atoms with Crippen molar-refractivity contribution in [3.05, 3.63) is 245 Å². The highest BCUT2D eigenvalue weighted by Crippen LogP contribution is 2.41. The molecule has 6 aromatic carbocycles. The summed E-state index contributed by atoms with van der Waals surface area (Å²) in [6.07, 6.45) is -12.3. The molecule has 17 nitrogen and oxygen atoms in total. The summed E-state index contributed by atoms with van der Waals surface area (Å²) < 4.78 is 117. The van der Waals surface area contributed by atoms with E-state index in [-0.39, 0.29) is 30.2 Å². The largest absolute Gasteiger partial charge is 0.416 e. The van der Waals surface area contributed by atoms with E-state index in [1.807, 2.05) is 80.3 Å². The number of nitrogens with zero attached hydrogens (tertiary/aromatic N) is 8. The Balaban J connectivity index is 0.000000160. The van der Waals surface area contributed by atoms with E-state index < -0.39 is 59.0 Å². The molecule has 12 rings (SSSR count). The van der Waals surface area contributed by atoms with Crippen molar-refractivity contribution in [1.82, 2.24) is 30.1 Å². The number of β-amino-alcohol motifs (C(OH)–C–C–N with tert-alkyl or cyclic N) is 1. The lowest BCUT2D eigenvalue weighted by Gasteiger charge is -2.26. The molecule has 3 aliphatic heterocycles. The van der Waals surface area contributed by atoms with Crippen molar-refractivity contribution < 1.29 is 64.1 Å². The fraction of sp³-hybridized carbons (Fsp3) is 0.222. The molecule has 9 aromatic rings. The molecule has 0 aliphatic carbocycles. The van der Waals surface area contributed by atoms with Gasteiger partial charge in [-0.15, -0.1) is 6.58 Å². The number of nitrogens with two attached hydrogens (primary N) is 3. The molecular weight excluding hydrogens is 1280 g/mol. The Labute approximate surface area is 557 Å². The monoisotopic (exact) mass is 1350 g/mol. The zero-order chi connectivity index (χ0) is 70.1. The number of aliphatic hydroxyl groups is 2. The van der Waals surface area contributed by atoms with Crippen LogP contribution in [0.2, 0.25) is 0 Å². The molecule has 3 aromatic heterocycles. The van der Waals surface area contributed by atoms with Gasteiger partial charge >= 0.3 is 18.5 Å². The number of carbonyl (C=O) groups is 3. The molecule has 0 radical (unpaired) electrons. The van der Waals surface area contributed by atoms with E-state index in [9.17, 15) is 64.1 Å². The highest BCUT2D eigenvalue weighted by atomic mass is 19.4. The fourth-order valence-corrected chi connectivity index (χ4v) is 11.7. The lowest BCUT2D eigenvalue weighted by atomic mass is 10.0. The zero-order valence-electron chi connectivity index (χ0n) is 52.5. The number of carbonyl (C=O) groups excluding carboxylic acids is 3. The molecule has 9 N–H and O–H groups in total. The van der Waals surface area contributed by atoms with Crippen LogP contribution in [0, 0.1) is 0 Å². The molecule has 0 bridgehead atoms. The molecule has 26 heteroatoms. The van der Waals surface area contributed by atoms with Gasteiger partial charge < -0.3 is 47.4 Å². The third-order valence-electron chi connectivity index (χ3n) is 16.5. The molecule has 3 amide bonds. The van der Waals surface area contributed by atoms with Gasteiger partial charge in [0.15, 0.2) is 0 Å². The first-order valence-electron chi connectivity index (χ1n) is 30.8. The van der Waals surface area contributed by atoms with Crippen molar-refractivity contribution in [2.24, 2.45) is 17.2 Å². The Hall–Kier alpha value is -10.5. The lowest BCUT2D eigenvalue weighted by Crippen LogP contribution is -2.36. The highest BCUT2D eigenvalue weighted by Gasteiger charge is 2.34. The lowest BCUT2D eigenvalue weighted by molar-refractivity contribution is -0.138. The number of fused-ring (bicyclic) bond motifs is 3. The summed E-state index contributed by atoms with van der Waals surface area (Å²) in [7, 11) is 0. The van der Waals surface area contributed by atoms with E-state index in [1.165, 1.54) is 42.5 Å². The Kier molecular flexibility index (Phi) is 21.7. The first kappa shape index (κ1) is 70.3. The summed E-state index contributed by atoms with van der Waals surface area (Å²) in [6, 6.07) is 47.8. The molecule has 1 atom stereocenters. The number of halogens is 9. The van der Waals surface area contributed by atoms with Crippen LogP contribution in [-0.4, -0.2) is 118 Å². The van der Waals surface area contributed by atoms with Crippen LogP contribution in [0.5, 0.6) is 0 Å². The molecule has 0 spiro atoms. The number of alkyl halides is 9. The van der Waals surface area contributed by atoms with Crippen LogP contribution < -0.4 is 37.2 Å². The van der Waals surface area contributed by atoms with Gasteiger partial charge in [-0.2, -0.15) is 39.5 Å². The Morgan fingerprint density at radius 1 is 0.480 bits per heavy atom. The standard InChI is InChI=1S/C25H25F3N4O3.C25H23F3N4O.C22H19F3N4O/c26-25(27,28)18-5-7-19(8-6-18)32-11-10-31(14-20(34)15-33)13-17-12-16(4-9-23(17)32)21-2-1-3-22(30-21)24(29)35;1-2-12-31-13-14-32(20-9-7-19(8-10-20)25(26,27)28)23-11-6-17(15-18(23)16-31)21-4-3-5-22(30-21)24(29)33;23-22(24,25)16-5-7-17(8-6-16)29-11-10-27-13-15-12-14(4-9-20(15)29)18-2-1-3-19(28-18)21(26)30/h1-9,12,20,33-34H,10-11,13-15H2,(H2,29,35);2-11,15H,1,12-14,16H2,(H2,29,33);1-9,12,27H,10-11,13H2,(H2,26,30). The molecule has 0 saturated carbocycles. The molecule has 0 fully saturated rings. The van der Waals surface area contributed by atoms with Crippen LogP contribution in [0.15, 0.2) is 195 Å². The van der Waals surface area contributed by atoms with Crippen molar-refractivity contribution in [2.45, 2.75) is 44.3 Å². The van der Waals surface area contributed by atoms with E-state index >= 15 is 0 Å². The van der Waals surface area contributed by atoms with Gasteiger partial charge in [0, 0.05) is 123 Å². The smallest absolute Gasteiger partial charge is 0.394 e. The fourth-order valence-electron chi connectivity index (χ4n) is 11.7. The van der Waals surface area contributed by atoms with E-state index in [0.717, 1.165) is 86.8 Å². The van der Waals surface area contributed by atoms with Gasteiger partial charge in [-0.05, 0) is 162 Å². The number of aromatic nitrogens is 3. The minimum absolute atomic E-state index is 0.136. The van der Waals surface area contributed by atoms with Gasteiger partial charge in [0.05, 0.1) is 46.5 Å². The van der Waals surface area contributed by atoms with E-state index in [1.54, 1.807) is 48.5 Å². The van der Waals surface area contributed by atoms with Crippen LogP contribution in [0.4, 0.5) is 73.6 Å². The van der Waals surface area contributed by atoms with Gasteiger partial charge in [0.25, 0.3) is 17.7 Å². The summed E-state index contributed by atoms with van der Waals surface area (Å²) in [5.74, 6) is -1.83. The Morgan fingerprint density at radius 2 is 0.827 bits per heavy atom. The highest BCUT2D eigenvalue weighted by molar-refractivity contribution is 5.93. The van der Waals surface area contributed by atoms with Crippen molar-refractivity contribution >= 4 is 51.8 Å². The average Bonchev–Trinajstić information content (AvgIpc) is 1.45. The first-order valence-corrected chi connectivity index (χ1v) is 30.8. The summed E-state index contributed by atoms with van der Waals surface area (Å²) in [5.41, 5.74) is 26.1. The second-order valence-corrected chi connectivity index (χ2v) is 23.2. The Bertz CT molecular complexity index is 4330. The maximum atomic E-state index is 13.1. The predicted molar refractivity (Wildman–Crippen MR) is 355 cm³/mol. The number of hydrogen-bond acceptors (Lipinski definition) is 14. The topological polar surface area (TPSA) is 237 Å². The van der Waals surface area contributed by atoms with Gasteiger partial charge in [-0.25, -0.2) is 15.0 Å². The first-order chi connectivity index (χ1) is 46.7. The number of anilines is 6. The molecule has 98 heavy (non-hydrogen) atoms. The third kappa shape index (κ3) is 17.2. The number of hydrogen-bond donors (Lipinski definition) is 6. The molecule has 508 valence electrons. The number of aliphatic hydroxyl groups excluding tert-OH is 2. The van der Waals surface area contributed by atoms with Crippen molar-refractivity contribution in [3.63, 3.8) is 0 Å². The van der Waals surface area contributed by atoms with Gasteiger partial charge in [-0.1, -0.05) is 42.5 Å². The van der Waals surface area contributed by atoms with Crippen molar-refractivity contribution in [1.29, 1.82) is 0 Å². The summed E-state index contributed by atoms with van der Waals surface area (Å²) >= 11 is 0. The van der Waals surface area contributed by atoms with Crippen LogP contribution in [-0.2, 0) is 38.2 Å². The molecule has 1 unspecified atom stereocenters. The summed E-state index contributed by atoms with van der Waals surface area (Å²) in [6.45, 7) is 9.65. The minimum atomic E-state index is -4.42. The molecule has 0 saturated heterocycles. The maximum absolute atomic E-state index is 13.1. The molecule has 6 heterocycles. The second-order valence-electron chi connectivity index (χ2n) is 23.2. The number of pyridine rings is 3. The van der Waals surface area contributed by atoms with Crippen LogP contribution in [0.3, 0.4) is 0 Å². The quantitative estimate of drug-likeness (QED) is 0.0439. The van der Waals surface area contributed by atoms with E-state index in [4.69, 9.17) is 17.2 Å².